The molecule has 0 aliphatic heterocycles. The predicted octanol–water partition coefficient (Wildman–Crippen LogP) is 8.15. The Morgan fingerprint density at radius 1 is 1.05 bits per heavy atom. The molecule has 0 saturated carbocycles. The van der Waals surface area contributed by atoms with Gasteiger partial charge in [-0.05, 0) is 66.7 Å². The number of hydrogen-bond acceptors (Lipinski definition) is 5. The minimum atomic E-state index is -2.29. The van der Waals surface area contributed by atoms with E-state index >= 15 is 0 Å². The number of carbonyl (C=O) groups excluding carboxylic acids is 1. The molecule has 0 bridgehead atoms. The van der Waals surface area contributed by atoms with Gasteiger partial charge < -0.3 is 14.5 Å². The molecule has 0 fully saturated rings. The fraction of sp³-hybridized carbons (Fsp3) is 0.219. The predicted molar refractivity (Wildman–Crippen MR) is 150 cm³/mol. The minimum absolute atomic E-state index is 0. The summed E-state index contributed by atoms with van der Waals surface area (Å²) in [5, 5.41) is 9.98. The van der Waals surface area contributed by atoms with E-state index in [2.05, 4.69) is 61.1 Å². The number of aliphatic hydroxyl groups excluding tert-OH is 1. The van der Waals surface area contributed by atoms with Crippen LogP contribution < -0.4 is 0 Å². The molecule has 0 unspecified atom stereocenters. The first-order chi connectivity index (χ1) is 18.7. The molecule has 1 N–H and O–H groups in total. The van der Waals surface area contributed by atoms with Gasteiger partial charge in [0.25, 0.3) is 0 Å². The summed E-state index contributed by atoms with van der Waals surface area (Å²) in [5.41, 5.74) is 5.84. The van der Waals surface area contributed by atoms with Crippen molar-refractivity contribution in [3.63, 3.8) is 0 Å². The Kier molecular flexibility index (Phi) is 7.71. The summed E-state index contributed by atoms with van der Waals surface area (Å²) in [7, 11) is 0. The number of furan rings is 1. The molecule has 3 heterocycles. The summed E-state index contributed by atoms with van der Waals surface area (Å²) in [6.45, 7) is 7.16. The van der Waals surface area contributed by atoms with Crippen molar-refractivity contribution in [3.8, 4) is 22.4 Å². The van der Waals surface area contributed by atoms with E-state index < -0.39 is 6.85 Å². The maximum Gasteiger partial charge on any atom is 0.216 e. The molecule has 0 spiro atoms. The van der Waals surface area contributed by atoms with Crippen LogP contribution in [0.15, 0.2) is 83.1 Å². The molecule has 0 atom stereocenters. The second kappa shape index (κ2) is 11.8. The number of ketones is 1. The molecular formula is C32H31IrN2O3-. The summed E-state index contributed by atoms with van der Waals surface area (Å²) < 4.78 is 28.9. The molecule has 5 aromatic rings. The van der Waals surface area contributed by atoms with E-state index in [0.29, 0.717) is 11.3 Å². The molecule has 2 aromatic carbocycles. The molecule has 0 aliphatic carbocycles. The molecule has 6 heteroatoms. The van der Waals surface area contributed by atoms with Crippen LogP contribution in [-0.2, 0) is 30.3 Å². The summed E-state index contributed by atoms with van der Waals surface area (Å²) in [6.07, 6.45) is 2.95. The SMILES string of the molecule is CC(=O)/C=C(/C)O.[2H]C([2H])([2H])c1ccc2c(n1)oc1c(-c3cc(-c4cccc(C(C)(C)C)c4)ccn3)[c-]ccc12.[Ir]. The van der Waals surface area contributed by atoms with Crippen molar-refractivity contribution in [2.75, 3.05) is 0 Å². The number of fused-ring (bicyclic) bond motifs is 3. The molecular weight excluding hydrogens is 653 g/mol. The Morgan fingerprint density at radius 3 is 2.47 bits per heavy atom. The van der Waals surface area contributed by atoms with E-state index in [1.54, 1.807) is 12.3 Å². The number of nitrogens with zero attached hydrogens (tertiary/aromatic N) is 2. The van der Waals surface area contributed by atoms with Gasteiger partial charge in [-0.25, -0.2) is 4.98 Å². The standard InChI is InChI=1S/C27H23N2O.C5H8O2.Ir/c1-17-11-12-22-21-9-6-10-23(25(21)30-26(22)29-17)24-16-19(13-14-28-24)18-7-5-8-20(15-18)27(2,3)4;1-4(6)3-5(2)7;/h5-9,11-16H,1-4H3;3,6H,1-2H3;/q-1;;/b;4-3-;/i1D3;;. The van der Waals surface area contributed by atoms with Gasteiger partial charge in [-0.2, -0.15) is 0 Å². The smallest absolute Gasteiger partial charge is 0.216 e. The van der Waals surface area contributed by atoms with Crippen LogP contribution in [-0.4, -0.2) is 20.9 Å². The van der Waals surface area contributed by atoms with Crippen molar-refractivity contribution in [2.24, 2.45) is 0 Å². The fourth-order valence-electron chi connectivity index (χ4n) is 4.02. The van der Waals surface area contributed by atoms with E-state index in [0.717, 1.165) is 33.2 Å². The number of aromatic nitrogens is 2. The van der Waals surface area contributed by atoms with E-state index in [1.165, 1.54) is 31.6 Å². The largest absolute Gasteiger partial charge is 0.512 e. The van der Waals surface area contributed by atoms with Crippen molar-refractivity contribution in [1.82, 2.24) is 9.97 Å². The van der Waals surface area contributed by atoms with Crippen molar-refractivity contribution in [3.05, 3.63) is 96.0 Å². The van der Waals surface area contributed by atoms with Crippen LogP contribution in [0.3, 0.4) is 0 Å². The number of allylic oxidation sites excluding steroid dienone is 2. The maximum atomic E-state index is 10.0. The van der Waals surface area contributed by atoms with Gasteiger partial charge in [-0.3, -0.25) is 4.79 Å². The fourth-order valence-corrected chi connectivity index (χ4v) is 4.02. The van der Waals surface area contributed by atoms with Gasteiger partial charge >= 0.3 is 0 Å². The Balaban J connectivity index is 0.000000516. The van der Waals surface area contributed by atoms with Gasteiger partial charge in [0.2, 0.25) is 5.71 Å². The first-order valence-corrected chi connectivity index (χ1v) is 11.9. The molecule has 5 rings (SSSR count). The number of aliphatic hydroxyl groups is 1. The van der Waals surface area contributed by atoms with Gasteiger partial charge in [-0.1, -0.05) is 62.1 Å². The van der Waals surface area contributed by atoms with Crippen LogP contribution in [0.25, 0.3) is 44.5 Å². The van der Waals surface area contributed by atoms with Crippen LogP contribution in [0, 0.1) is 12.9 Å². The zero-order chi connectivity index (χ0) is 29.2. The van der Waals surface area contributed by atoms with Crippen LogP contribution >= 0.6 is 0 Å². The Labute approximate surface area is 241 Å². The Hall–Kier alpha value is -3.60. The number of hydrogen-bond donors (Lipinski definition) is 1. The van der Waals surface area contributed by atoms with Crippen molar-refractivity contribution < 1.29 is 38.5 Å². The molecule has 0 amide bonds. The third-order valence-corrected chi connectivity index (χ3v) is 5.79. The summed E-state index contributed by atoms with van der Waals surface area (Å²) >= 11 is 0. The maximum absolute atomic E-state index is 10.0. The minimum Gasteiger partial charge on any atom is -0.512 e. The van der Waals surface area contributed by atoms with Crippen LogP contribution in [0.1, 0.15) is 50.0 Å². The van der Waals surface area contributed by atoms with Crippen molar-refractivity contribution in [2.45, 2.75) is 46.9 Å². The van der Waals surface area contributed by atoms with Crippen LogP contribution in [0.4, 0.5) is 0 Å². The number of aryl methyl sites for hydroxylation is 1. The van der Waals surface area contributed by atoms with Gasteiger partial charge in [-0.15, -0.1) is 18.2 Å². The van der Waals surface area contributed by atoms with E-state index in [4.69, 9.17) is 13.6 Å². The molecule has 5 nitrogen and oxygen atoms in total. The summed E-state index contributed by atoms with van der Waals surface area (Å²) in [5.74, 6) is -0.0625. The first kappa shape index (κ1) is 24.7. The van der Waals surface area contributed by atoms with Crippen molar-refractivity contribution in [1.29, 1.82) is 0 Å². The van der Waals surface area contributed by atoms with E-state index in [9.17, 15) is 4.79 Å². The number of pyridine rings is 2. The van der Waals surface area contributed by atoms with Crippen LogP contribution in [0.5, 0.6) is 0 Å². The summed E-state index contributed by atoms with van der Waals surface area (Å²) in [6, 6.07) is 22.8. The van der Waals surface area contributed by atoms with Gasteiger partial charge in [0.05, 0.1) is 11.3 Å². The van der Waals surface area contributed by atoms with Crippen molar-refractivity contribution >= 4 is 27.9 Å². The average molecular weight is 687 g/mol. The third-order valence-electron chi connectivity index (χ3n) is 5.79. The first-order valence-electron chi connectivity index (χ1n) is 13.4. The number of carbonyl (C=O) groups is 1. The van der Waals surface area contributed by atoms with E-state index in [-0.39, 0.29) is 42.8 Å². The Morgan fingerprint density at radius 2 is 1.82 bits per heavy atom. The second-order valence-electron chi connectivity index (χ2n) is 9.90. The quantitative estimate of drug-likeness (QED) is 0.118. The van der Waals surface area contributed by atoms with E-state index in [1.807, 2.05) is 24.3 Å². The van der Waals surface area contributed by atoms with Gasteiger partial charge in [0, 0.05) is 47.6 Å². The monoisotopic (exact) mass is 687 g/mol. The number of benzene rings is 2. The molecule has 3 aromatic heterocycles. The average Bonchev–Trinajstić information content (AvgIpc) is 3.25. The number of rotatable bonds is 3. The zero-order valence-corrected chi connectivity index (χ0v) is 24.3. The third kappa shape index (κ3) is 6.63. The molecule has 1 radical (unpaired) electrons. The van der Waals surface area contributed by atoms with Gasteiger partial charge in [0.15, 0.2) is 5.78 Å². The zero-order valence-electron chi connectivity index (χ0n) is 24.9. The second-order valence-corrected chi connectivity index (χ2v) is 9.90. The Bertz CT molecular complexity index is 1730. The van der Waals surface area contributed by atoms with Gasteiger partial charge in [0.1, 0.15) is 0 Å². The molecule has 0 saturated heterocycles. The normalized spacial score (nSPS) is 13.1. The summed E-state index contributed by atoms with van der Waals surface area (Å²) in [4.78, 5) is 18.9. The molecule has 38 heavy (non-hydrogen) atoms. The topological polar surface area (TPSA) is 76.2 Å². The van der Waals surface area contributed by atoms with Crippen LogP contribution in [0.2, 0.25) is 0 Å². The molecule has 197 valence electrons. The molecule has 0 aliphatic rings.